The minimum Gasteiger partial charge on any atom is -0.496 e. The van der Waals surface area contributed by atoms with Crippen molar-refractivity contribution in [2.75, 3.05) is 33.8 Å². The molecule has 29 heavy (non-hydrogen) atoms. The zero-order valence-corrected chi connectivity index (χ0v) is 17.3. The molecule has 0 radical (unpaired) electrons. The number of amides is 4. The molecule has 0 bridgehead atoms. The molecule has 4 amide bonds. The lowest BCUT2D eigenvalue weighted by molar-refractivity contribution is -0.127. The van der Waals surface area contributed by atoms with Crippen LogP contribution in [0.15, 0.2) is 35.5 Å². The molecule has 0 aliphatic carbocycles. The number of likely N-dealkylation sites (N-methyl/N-ethyl adjacent to an activating group) is 1. The molecular weight excluding hydrogens is 372 g/mol. The molecule has 0 aromatic heterocycles. The van der Waals surface area contributed by atoms with Crippen LogP contribution in [0.1, 0.15) is 31.9 Å². The van der Waals surface area contributed by atoms with Gasteiger partial charge in [0.15, 0.2) is 0 Å². The van der Waals surface area contributed by atoms with E-state index < -0.39 is 6.04 Å². The average molecular weight is 400 g/mol. The molecule has 1 unspecified atom stereocenters. The van der Waals surface area contributed by atoms with Gasteiger partial charge in [0, 0.05) is 32.1 Å². The fourth-order valence-corrected chi connectivity index (χ4v) is 3.59. The van der Waals surface area contributed by atoms with Crippen LogP contribution in [0.25, 0.3) is 0 Å². The minimum absolute atomic E-state index is 0.0831. The highest BCUT2D eigenvalue weighted by Crippen LogP contribution is 2.38. The number of benzene rings is 1. The molecule has 0 saturated heterocycles. The first kappa shape index (κ1) is 20.7. The summed E-state index contributed by atoms with van der Waals surface area (Å²) in [6.45, 7) is 5.27. The Hall–Kier alpha value is -3.03. The number of nitrogens with one attached hydrogen (secondary N) is 2. The Labute approximate surface area is 170 Å². The SMILES string of the molecule is COc1ccccc1C1NC(=O)N(C)C2=C1C(=O)N(CCC(=O)NCC(C)C)C2. The van der Waals surface area contributed by atoms with E-state index in [1.807, 2.05) is 32.0 Å². The van der Waals surface area contributed by atoms with Gasteiger partial charge in [0.1, 0.15) is 5.75 Å². The normalized spacial score (nSPS) is 18.9. The summed E-state index contributed by atoms with van der Waals surface area (Å²) in [6, 6.07) is 6.47. The van der Waals surface area contributed by atoms with Crippen LogP contribution in [0, 0.1) is 5.92 Å². The van der Waals surface area contributed by atoms with Gasteiger partial charge in [-0.25, -0.2) is 4.79 Å². The molecule has 8 heteroatoms. The summed E-state index contributed by atoms with van der Waals surface area (Å²) < 4.78 is 5.43. The maximum Gasteiger partial charge on any atom is 0.322 e. The van der Waals surface area contributed by atoms with Crippen LogP contribution in [-0.2, 0) is 9.59 Å². The van der Waals surface area contributed by atoms with Gasteiger partial charge in [0.2, 0.25) is 5.91 Å². The monoisotopic (exact) mass is 400 g/mol. The van der Waals surface area contributed by atoms with Crippen molar-refractivity contribution < 1.29 is 19.1 Å². The lowest BCUT2D eigenvalue weighted by Gasteiger charge is -2.31. The van der Waals surface area contributed by atoms with Crippen molar-refractivity contribution in [1.29, 1.82) is 0 Å². The third-order valence-corrected chi connectivity index (χ3v) is 5.20. The highest BCUT2D eigenvalue weighted by atomic mass is 16.5. The maximum atomic E-state index is 13.2. The number of carbonyl (C=O) groups excluding carboxylic acids is 3. The van der Waals surface area contributed by atoms with E-state index in [4.69, 9.17) is 4.74 Å². The Balaban J connectivity index is 1.79. The zero-order valence-electron chi connectivity index (χ0n) is 17.3. The number of hydrogen-bond acceptors (Lipinski definition) is 4. The number of nitrogens with zero attached hydrogens (tertiary/aromatic N) is 2. The number of carbonyl (C=O) groups is 3. The lowest BCUT2D eigenvalue weighted by Crippen LogP contribution is -2.45. The quantitative estimate of drug-likeness (QED) is 0.728. The zero-order chi connectivity index (χ0) is 21.1. The molecule has 0 spiro atoms. The highest BCUT2D eigenvalue weighted by Gasteiger charge is 2.43. The molecule has 8 nitrogen and oxygen atoms in total. The van der Waals surface area contributed by atoms with E-state index in [2.05, 4.69) is 10.6 Å². The van der Waals surface area contributed by atoms with E-state index >= 15 is 0 Å². The van der Waals surface area contributed by atoms with Gasteiger partial charge in [0.25, 0.3) is 5.91 Å². The van der Waals surface area contributed by atoms with E-state index in [0.29, 0.717) is 42.6 Å². The molecule has 2 aliphatic heterocycles. The Morgan fingerprint density at radius 3 is 2.72 bits per heavy atom. The number of hydrogen-bond donors (Lipinski definition) is 2. The number of methoxy groups -OCH3 is 1. The second kappa shape index (κ2) is 8.55. The van der Waals surface area contributed by atoms with Crippen LogP contribution in [0.3, 0.4) is 0 Å². The van der Waals surface area contributed by atoms with E-state index in [1.165, 1.54) is 4.90 Å². The molecule has 2 N–H and O–H groups in total. The standard InChI is InChI=1S/C21H28N4O4/c1-13(2)11-22-17(26)9-10-25-12-15-18(20(25)27)19(23-21(28)24(15)3)14-7-5-6-8-16(14)29-4/h5-8,13,19H,9-12H2,1-4H3,(H,22,26)(H,23,28). The number of rotatable bonds is 7. The molecule has 2 aliphatic rings. The summed E-state index contributed by atoms with van der Waals surface area (Å²) in [7, 11) is 3.21. The van der Waals surface area contributed by atoms with Crippen molar-refractivity contribution in [3.63, 3.8) is 0 Å². The van der Waals surface area contributed by atoms with E-state index in [1.54, 1.807) is 25.1 Å². The van der Waals surface area contributed by atoms with Gasteiger partial charge < -0.3 is 20.3 Å². The van der Waals surface area contributed by atoms with Crippen molar-refractivity contribution in [2.45, 2.75) is 26.3 Å². The summed E-state index contributed by atoms with van der Waals surface area (Å²) in [4.78, 5) is 40.8. The van der Waals surface area contributed by atoms with Crippen molar-refractivity contribution in [3.05, 3.63) is 41.1 Å². The molecule has 1 atom stereocenters. The molecule has 0 saturated carbocycles. The Morgan fingerprint density at radius 1 is 1.31 bits per heavy atom. The number of ether oxygens (including phenoxy) is 1. The van der Waals surface area contributed by atoms with E-state index in [0.717, 1.165) is 5.56 Å². The van der Waals surface area contributed by atoms with Gasteiger partial charge in [-0.1, -0.05) is 32.0 Å². The fraction of sp³-hybridized carbons (Fsp3) is 0.476. The second-order valence-corrected chi connectivity index (χ2v) is 7.72. The molecule has 2 heterocycles. The van der Waals surface area contributed by atoms with Crippen molar-refractivity contribution in [1.82, 2.24) is 20.4 Å². The largest absolute Gasteiger partial charge is 0.496 e. The Kier molecular flexibility index (Phi) is 6.10. The minimum atomic E-state index is -0.586. The summed E-state index contributed by atoms with van der Waals surface area (Å²) in [6.07, 6.45) is 0.226. The van der Waals surface area contributed by atoms with Crippen LogP contribution in [0.5, 0.6) is 5.75 Å². The molecule has 1 aromatic carbocycles. The van der Waals surface area contributed by atoms with Crippen LogP contribution in [0.4, 0.5) is 4.79 Å². The van der Waals surface area contributed by atoms with Gasteiger partial charge in [-0.2, -0.15) is 0 Å². The lowest BCUT2D eigenvalue weighted by atomic mass is 9.95. The highest BCUT2D eigenvalue weighted by molar-refractivity contribution is 6.01. The maximum absolute atomic E-state index is 13.2. The first-order valence-electron chi connectivity index (χ1n) is 9.79. The van der Waals surface area contributed by atoms with Crippen LogP contribution in [-0.4, -0.2) is 61.4 Å². The number of urea groups is 1. The predicted octanol–water partition coefficient (Wildman–Crippen LogP) is 1.65. The number of para-hydroxylation sites is 1. The fourth-order valence-electron chi connectivity index (χ4n) is 3.59. The topological polar surface area (TPSA) is 91.0 Å². The molecule has 3 rings (SSSR count). The van der Waals surface area contributed by atoms with Gasteiger partial charge >= 0.3 is 6.03 Å². The van der Waals surface area contributed by atoms with Crippen molar-refractivity contribution >= 4 is 17.8 Å². The molecule has 1 aromatic rings. The first-order chi connectivity index (χ1) is 13.8. The Morgan fingerprint density at radius 2 is 2.03 bits per heavy atom. The van der Waals surface area contributed by atoms with Gasteiger partial charge in [-0.3, -0.25) is 14.5 Å². The molecule has 0 fully saturated rings. The third-order valence-electron chi connectivity index (χ3n) is 5.20. The Bertz CT molecular complexity index is 849. The van der Waals surface area contributed by atoms with E-state index in [9.17, 15) is 14.4 Å². The van der Waals surface area contributed by atoms with Crippen LogP contribution >= 0.6 is 0 Å². The van der Waals surface area contributed by atoms with Crippen molar-refractivity contribution in [3.8, 4) is 5.75 Å². The molecular formula is C21H28N4O4. The molecule has 156 valence electrons. The van der Waals surface area contributed by atoms with E-state index in [-0.39, 0.29) is 24.3 Å². The van der Waals surface area contributed by atoms with Gasteiger partial charge in [0.05, 0.1) is 31.0 Å². The predicted molar refractivity (Wildman–Crippen MR) is 108 cm³/mol. The van der Waals surface area contributed by atoms with Gasteiger partial charge in [-0.05, 0) is 12.0 Å². The smallest absolute Gasteiger partial charge is 0.322 e. The average Bonchev–Trinajstić information content (AvgIpc) is 3.04. The first-order valence-corrected chi connectivity index (χ1v) is 9.79. The van der Waals surface area contributed by atoms with Crippen molar-refractivity contribution in [2.24, 2.45) is 5.92 Å². The van der Waals surface area contributed by atoms with Crippen LogP contribution in [0.2, 0.25) is 0 Å². The summed E-state index contributed by atoms with van der Waals surface area (Å²) in [5.74, 6) is 0.724. The summed E-state index contributed by atoms with van der Waals surface area (Å²) >= 11 is 0. The summed E-state index contributed by atoms with van der Waals surface area (Å²) in [5, 5.41) is 5.76. The van der Waals surface area contributed by atoms with Crippen LogP contribution < -0.4 is 15.4 Å². The summed E-state index contributed by atoms with van der Waals surface area (Å²) in [5.41, 5.74) is 1.92. The second-order valence-electron chi connectivity index (χ2n) is 7.72. The third kappa shape index (κ3) is 4.21. The van der Waals surface area contributed by atoms with Gasteiger partial charge in [-0.15, -0.1) is 0 Å².